The van der Waals surface area contributed by atoms with Crippen molar-refractivity contribution >= 4 is 27.2 Å². The molecule has 3 nitrogen and oxygen atoms in total. The molecule has 1 aromatic carbocycles. The molecule has 19 heavy (non-hydrogen) atoms. The summed E-state index contributed by atoms with van der Waals surface area (Å²) in [5.41, 5.74) is 5.27. The van der Waals surface area contributed by atoms with Crippen LogP contribution in [0.1, 0.15) is 5.56 Å². The van der Waals surface area contributed by atoms with Crippen molar-refractivity contribution in [1.29, 1.82) is 0 Å². The minimum Gasteiger partial charge on any atom is -0.300 e. The zero-order valence-electron chi connectivity index (χ0n) is 10.1. The van der Waals surface area contributed by atoms with Crippen molar-refractivity contribution in [2.45, 2.75) is 6.54 Å². The normalized spacial score (nSPS) is 13.1. The summed E-state index contributed by atoms with van der Waals surface area (Å²) in [6.45, 7) is 0.982. The maximum Gasteiger partial charge on any atom is 0.272 e. The molecule has 4 aromatic rings. The summed E-state index contributed by atoms with van der Waals surface area (Å²) in [5.74, 6) is 0. The zero-order valence-corrected chi connectivity index (χ0v) is 10.9. The smallest absolute Gasteiger partial charge is 0.272 e. The van der Waals surface area contributed by atoms with Crippen molar-refractivity contribution in [1.82, 2.24) is 9.38 Å². The van der Waals surface area contributed by atoms with E-state index in [9.17, 15) is 0 Å². The molecule has 0 unspecified atom stereocenters. The minimum atomic E-state index is 0.982. The van der Waals surface area contributed by atoms with E-state index in [1.807, 2.05) is 29.9 Å². The van der Waals surface area contributed by atoms with E-state index in [0.29, 0.717) is 0 Å². The van der Waals surface area contributed by atoms with Crippen LogP contribution in [0.15, 0.2) is 48.9 Å². The van der Waals surface area contributed by atoms with Crippen molar-refractivity contribution in [3.05, 3.63) is 54.5 Å². The molecular formula is C15H10N3S+. The largest absolute Gasteiger partial charge is 0.300 e. The number of hydrogen-bond acceptors (Lipinski definition) is 2. The summed E-state index contributed by atoms with van der Waals surface area (Å²) in [4.78, 5) is 5.50. The monoisotopic (exact) mass is 264 g/mol. The van der Waals surface area contributed by atoms with Gasteiger partial charge in [0.05, 0.1) is 17.3 Å². The van der Waals surface area contributed by atoms with Gasteiger partial charge in [-0.25, -0.2) is 0 Å². The maximum atomic E-state index is 4.20. The molecule has 0 saturated heterocycles. The van der Waals surface area contributed by atoms with E-state index in [1.54, 1.807) is 0 Å². The molecule has 0 radical (unpaired) electrons. The number of hydrogen-bond donors (Lipinski definition) is 0. The van der Waals surface area contributed by atoms with Crippen molar-refractivity contribution in [3.8, 4) is 10.6 Å². The van der Waals surface area contributed by atoms with Crippen molar-refractivity contribution < 1.29 is 4.57 Å². The van der Waals surface area contributed by atoms with Crippen LogP contribution in [-0.4, -0.2) is 9.38 Å². The molecule has 1 aliphatic rings. The first kappa shape index (κ1) is 9.69. The Bertz CT molecular complexity index is 949. The van der Waals surface area contributed by atoms with Crippen LogP contribution < -0.4 is 4.57 Å². The fourth-order valence-corrected chi connectivity index (χ4v) is 4.24. The Morgan fingerprint density at radius 1 is 1.26 bits per heavy atom. The second kappa shape index (κ2) is 3.22. The summed E-state index contributed by atoms with van der Waals surface area (Å²) in [7, 11) is 0. The minimum absolute atomic E-state index is 0.982. The molecule has 0 amide bonds. The van der Waals surface area contributed by atoms with Gasteiger partial charge in [-0.3, -0.25) is 9.38 Å². The molecule has 0 atom stereocenters. The summed E-state index contributed by atoms with van der Waals surface area (Å²) in [6, 6.07) is 10.9. The summed E-state index contributed by atoms with van der Waals surface area (Å²) in [5, 5.41) is 1.37. The third kappa shape index (κ3) is 1.12. The first-order valence-corrected chi connectivity index (χ1v) is 7.09. The second-order valence-corrected chi connectivity index (χ2v) is 5.83. The predicted octanol–water partition coefficient (Wildman–Crippen LogP) is 2.87. The van der Waals surface area contributed by atoms with Gasteiger partial charge in [0.15, 0.2) is 11.4 Å². The number of fused-ring (bicyclic) bond motifs is 7. The van der Waals surface area contributed by atoms with Gasteiger partial charge >= 0.3 is 0 Å². The SMILES string of the molecule is c1ccc2c(c1)C[n+]1c-2sc2c1cc1cnccn12. The molecule has 4 heteroatoms. The fourth-order valence-electron chi connectivity index (χ4n) is 2.94. The summed E-state index contributed by atoms with van der Waals surface area (Å²) >= 11 is 1.86. The Balaban J connectivity index is 1.93. The molecule has 0 saturated carbocycles. The Morgan fingerprint density at radius 3 is 3.21 bits per heavy atom. The van der Waals surface area contributed by atoms with Crippen LogP contribution in [0, 0.1) is 0 Å². The van der Waals surface area contributed by atoms with Crippen LogP contribution in [0.4, 0.5) is 0 Å². The maximum absolute atomic E-state index is 4.20. The van der Waals surface area contributed by atoms with E-state index in [0.717, 1.165) is 12.1 Å². The molecule has 0 spiro atoms. The van der Waals surface area contributed by atoms with Gasteiger partial charge in [-0.15, -0.1) is 0 Å². The fraction of sp³-hybridized carbons (Fsp3) is 0.0667. The standard InChI is InChI=1S/C15H10N3S/c1-2-4-12-10(3-1)9-18-13-7-11-8-16-5-6-17(11)15(13)19-14(12)18/h1-8H,9H2/q+1. The van der Waals surface area contributed by atoms with Crippen LogP contribution in [0.5, 0.6) is 0 Å². The van der Waals surface area contributed by atoms with Crippen LogP contribution in [0.25, 0.3) is 26.4 Å². The van der Waals surface area contributed by atoms with Gasteiger partial charge in [0.1, 0.15) is 0 Å². The van der Waals surface area contributed by atoms with Crippen LogP contribution >= 0.6 is 11.3 Å². The van der Waals surface area contributed by atoms with E-state index in [1.165, 1.54) is 26.5 Å². The van der Waals surface area contributed by atoms with Crippen LogP contribution in [0.2, 0.25) is 0 Å². The summed E-state index contributed by atoms with van der Waals surface area (Å²) in [6.07, 6.45) is 5.80. The lowest BCUT2D eigenvalue weighted by molar-refractivity contribution is -0.641. The molecule has 1 aliphatic heterocycles. The number of benzene rings is 1. The van der Waals surface area contributed by atoms with Gasteiger partial charge in [-0.05, 0) is 17.4 Å². The molecule has 90 valence electrons. The molecular weight excluding hydrogens is 254 g/mol. The third-order valence-corrected chi connectivity index (χ3v) is 5.05. The predicted molar refractivity (Wildman–Crippen MR) is 75.3 cm³/mol. The number of nitrogens with zero attached hydrogens (tertiary/aromatic N) is 3. The first-order valence-electron chi connectivity index (χ1n) is 6.27. The highest BCUT2D eigenvalue weighted by atomic mass is 32.1. The molecule has 5 rings (SSSR count). The van der Waals surface area contributed by atoms with E-state index < -0.39 is 0 Å². The lowest BCUT2D eigenvalue weighted by Gasteiger charge is -1.91. The van der Waals surface area contributed by atoms with Gasteiger partial charge in [-0.2, -0.15) is 4.57 Å². The average Bonchev–Trinajstić information content (AvgIpc) is 3.07. The molecule has 0 aliphatic carbocycles. The van der Waals surface area contributed by atoms with Gasteiger partial charge < -0.3 is 0 Å². The molecule has 3 aromatic heterocycles. The summed E-state index contributed by atoms with van der Waals surface area (Å²) < 4.78 is 4.64. The molecule has 0 fully saturated rings. The average molecular weight is 264 g/mol. The number of aromatic nitrogens is 3. The molecule has 0 N–H and O–H groups in total. The second-order valence-electron chi connectivity index (χ2n) is 4.86. The van der Waals surface area contributed by atoms with Crippen molar-refractivity contribution in [3.63, 3.8) is 0 Å². The Labute approximate surface area is 113 Å². The van der Waals surface area contributed by atoms with Gasteiger partial charge in [-0.1, -0.05) is 18.2 Å². The van der Waals surface area contributed by atoms with Gasteiger partial charge in [0.25, 0.3) is 5.01 Å². The van der Waals surface area contributed by atoms with E-state index >= 15 is 0 Å². The Hall–Kier alpha value is -2.20. The van der Waals surface area contributed by atoms with E-state index in [4.69, 9.17) is 0 Å². The Morgan fingerprint density at radius 2 is 2.21 bits per heavy atom. The lowest BCUT2D eigenvalue weighted by atomic mass is 10.1. The quantitative estimate of drug-likeness (QED) is 0.394. The first-order chi connectivity index (χ1) is 9.42. The Kier molecular flexibility index (Phi) is 1.64. The lowest BCUT2D eigenvalue weighted by Crippen LogP contribution is -2.29. The number of rotatable bonds is 0. The van der Waals surface area contributed by atoms with Crippen molar-refractivity contribution in [2.24, 2.45) is 0 Å². The highest BCUT2D eigenvalue weighted by molar-refractivity contribution is 7.20. The topological polar surface area (TPSA) is 21.2 Å². The van der Waals surface area contributed by atoms with E-state index in [2.05, 4.69) is 44.3 Å². The van der Waals surface area contributed by atoms with Crippen LogP contribution in [-0.2, 0) is 6.54 Å². The third-order valence-electron chi connectivity index (χ3n) is 3.81. The number of thiazole rings is 1. The highest BCUT2D eigenvalue weighted by Crippen LogP contribution is 2.36. The molecule has 0 bridgehead atoms. The molecule has 4 heterocycles. The van der Waals surface area contributed by atoms with Gasteiger partial charge in [0, 0.05) is 24.0 Å². The van der Waals surface area contributed by atoms with E-state index in [-0.39, 0.29) is 0 Å². The van der Waals surface area contributed by atoms with Gasteiger partial charge in [0.2, 0.25) is 5.52 Å². The zero-order chi connectivity index (χ0) is 12.4. The van der Waals surface area contributed by atoms with Crippen LogP contribution in [0.3, 0.4) is 0 Å². The van der Waals surface area contributed by atoms with Crippen molar-refractivity contribution in [2.75, 3.05) is 0 Å². The highest BCUT2D eigenvalue weighted by Gasteiger charge is 2.32.